The molecule has 19 heavy (non-hydrogen) atoms. The first-order valence-electron chi connectivity index (χ1n) is 6.46. The van der Waals surface area contributed by atoms with Crippen LogP contribution in [0.1, 0.15) is 41.5 Å². The summed E-state index contributed by atoms with van der Waals surface area (Å²) in [5.74, 6) is 1.03. The molecule has 0 atom stereocenters. The van der Waals surface area contributed by atoms with Crippen molar-refractivity contribution in [2.75, 3.05) is 11.1 Å². The Balaban J connectivity index is 2.97. The van der Waals surface area contributed by atoms with Crippen molar-refractivity contribution >= 4 is 11.5 Å². The maximum absolute atomic E-state index is 10.1. The van der Waals surface area contributed by atoms with Gasteiger partial charge in [-0.15, -0.1) is 0 Å². The summed E-state index contributed by atoms with van der Waals surface area (Å²) in [6, 6.07) is 3.52. The zero-order valence-electron chi connectivity index (χ0n) is 12.6. The van der Waals surface area contributed by atoms with E-state index in [9.17, 15) is 5.11 Å². The minimum atomic E-state index is -0.894. The van der Waals surface area contributed by atoms with E-state index in [0.717, 1.165) is 0 Å². The number of nitrogens with zero attached hydrogens (tertiary/aromatic N) is 1. The SMILES string of the molecule is CC(C)Oc1nc(NC(C)(C)C(C)(C)O)ccc1N. The van der Waals surface area contributed by atoms with Crippen LogP contribution in [0, 0.1) is 0 Å². The molecule has 0 aromatic carbocycles. The highest BCUT2D eigenvalue weighted by molar-refractivity contribution is 5.54. The lowest BCUT2D eigenvalue weighted by Crippen LogP contribution is -2.51. The number of nitrogens with one attached hydrogen (secondary N) is 1. The van der Waals surface area contributed by atoms with E-state index >= 15 is 0 Å². The van der Waals surface area contributed by atoms with Crippen LogP contribution in [0.15, 0.2) is 12.1 Å². The Morgan fingerprint density at radius 3 is 2.32 bits per heavy atom. The third-order valence-electron chi connectivity index (χ3n) is 3.21. The Morgan fingerprint density at radius 1 is 1.26 bits per heavy atom. The lowest BCUT2D eigenvalue weighted by Gasteiger charge is -2.38. The van der Waals surface area contributed by atoms with Crippen LogP contribution in [0.4, 0.5) is 11.5 Å². The zero-order chi connectivity index (χ0) is 14.8. The van der Waals surface area contributed by atoms with Gasteiger partial charge >= 0.3 is 0 Å². The molecule has 5 heteroatoms. The highest BCUT2D eigenvalue weighted by Gasteiger charge is 2.35. The number of nitrogen functional groups attached to an aromatic ring is 1. The fourth-order valence-corrected chi connectivity index (χ4v) is 1.31. The summed E-state index contributed by atoms with van der Waals surface area (Å²) in [5.41, 5.74) is 4.89. The molecule has 5 nitrogen and oxygen atoms in total. The summed E-state index contributed by atoms with van der Waals surface area (Å²) in [5, 5.41) is 13.3. The van der Waals surface area contributed by atoms with Crippen LogP contribution >= 0.6 is 0 Å². The number of nitrogens with two attached hydrogens (primary N) is 1. The molecule has 1 aromatic heterocycles. The number of aliphatic hydroxyl groups is 1. The average Bonchev–Trinajstić information content (AvgIpc) is 2.20. The van der Waals surface area contributed by atoms with E-state index in [1.165, 1.54) is 0 Å². The van der Waals surface area contributed by atoms with Crippen molar-refractivity contribution in [3.05, 3.63) is 12.1 Å². The second kappa shape index (κ2) is 5.25. The second-order valence-electron chi connectivity index (χ2n) is 6.07. The fraction of sp³-hybridized carbons (Fsp3) is 0.643. The van der Waals surface area contributed by atoms with E-state index in [4.69, 9.17) is 10.5 Å². The lowest BCUT2D eigenvalue weighted by atomic mass is 9.86. The highest BCUT2D eigenvalue weighted by Crippen LogP contribution is 2.28. The van der Waals surface area contributed by atoms with E-state index in [1.807, 2.05) is 27.7 Å². The number of hydrogen-bond donors (Lipinski definition) is 3. The fourth-order valence-electron chi connectivity index (χ4n) is 1.31. The van der Waals surface area contributed by atoms with Gasteiger partial charge in [-0.1, -0.05) is 0 Å². The Kier molecular flexibility index (Phi) is 4.30. The van der Waals surface area contributed by atoms with E-state index in [1.54, 1.807) is 26.0 Å². The molecule has 0 bridgehead atoms. The minimum absolute atomic E-state index is 0.00680. The molecule has 0 unspecified atom stereocenters. The molecule has 0 aliphatic heterocycles. The summed E-state index contributed by atoms with van der Waals surface area (Å²) >= 11 is 0. The van der Waals surface area contributed by atoms with Gasteiger partial charge in [0.25, 0.3) is 0 Å². The van der Waals surface area contributed by atoms with Gasteiger partial charge in [-0.3, -0.25) is 0 Å². The first-order chi connectivity index (χ1) is 8.53. The first-order valence-corrected chi connectivity index (χ1v) is 6.46. The summed E-state index contributed by atoms with van der Waals surface area (Å²) in [7, 11) is 0. The number of anilines is 2. The molecule has 0 spiro atoms. The molecular weight excluding hydrogens is 242 g/mol. The van der Waals surface area contributed by atoms with Crippen LogP contribution in [0.5, 0.6) is 5.88 Å². The predicted octanol–water partition coefficient (Wildman–Crippen LogP) is 2.41. The summed E-state index contributed by atoms with van der Waals surface area (Å²) in [6.07, 6.45) is 0.00680. The van der Waals surface area contributed by atoms with Gasteiger partial charge in [-0.05, 0) is 53.7 Å². The van der Waals surface area contributed by atoms with Crippen LogP contribution in [-0.4, -0.2) is 27.3 Å². The van der Waals surface area contributed by atoms with Crippen LogP contribution < -0.4 is 15.8 Å². The van der Waals surface area contributed by atoms with Gasteiger partial charge in [0.2, 0.25) is 5.88 Å². The van der Waals surface area contributed by atoms with Crippen LogP contribution in [0.3, 0.4) is 0 Å². The molecule has 0 radical (unpaired) electrons. The molecule has 0 fully saturated rings. The number of aromatic nitrogens is 1. The van der Waals surface area contributed by atoms with E-state index < -0.39 is 11.1 Å². The Hall–Kier alpha value is -1.49. The summed E-state index contributed by atoms with van der Waals surface area (Å²) in [6.45, 7) is 11.2. The monoisotopic (exact) mass is 267 g/mol. The standard InChI is InChI=1S/C14H25N3O2/c1-9(2)19-12-10(15)7-8-11(16-12)17-13(3,4)14(5,6)18/h7-9,18H,15H2,1-6H3,(H,16,17). The van der Waals surface area contributed by atoms with Crippen molar-refractivity contribution in [1.29, 1.82) is 0 Å². The molecule has 0 aliphatic rings. The van der Waals surface area contributed by atoms with Crippen molar-refractivity contribution in [2.24, 2.45) is 0 Å². The summed E-state index contributed by atoms with van der Waals surface area (Å²) in [4.78, 5) is 4.34. The second-order valence-corrected chi connectivity index (χ2v) is 6.07. The molecule has 1 rings (SSSR count). The van der Waals surface area contributed by atoms with Gasteiger partial charge in [0, 0.05) is 0 Å². The van der Waals surface area contributed by atoms with Crippen molar-refractivity contribution in [1.82, 2.24) is 4.98 Å². The molecule has 1 aromatic rings. The molecule has 108 valence electrons. The Labute approximate surface area is 115 Å². The van der Waals surface area contributed by atoms with E-state index in [0.29, 0.717) is 17.4 Å². The van der Waals surface area contributed by atoms with Gasteiger partial charge in [0.1, 0.15) is 5.82 Å². The largest absolute Gasteiger partial charge is 0.473 e. The maximum Gasteiger partial charge on any atom is 0.239 e. The van der Waals surface area contributed by atoms with Gasteiger partial charge < -0.3 is 20.9 Å². The van der Waals surface area contributed by atoms with Crippen molar-refractivity contribution in [2.45, 2.75) is 58.8 Å². The normalized spacial score (nSPS) is 12.6. The zero-order valence-corrected chi connectivity index (χ0v) is 12.6. The molecule has 0 saturated heterocycles. The highest BCUT2D eigenvalue weighted by atomic mass is 16.5. The molecule has 1 heterocycles. The molecule has 0 amide bonds. The molecule has 0 saturated carbocycles. The van der Waals surface area contributed by atoms with Gasteiger partial charge in [0.05, 0.1) is 22.9 Å². The van der Waals surface area contributed by atoms with Gasteiger partial charge in [-0.25, -0.2) is 0 Å². The maximum atomic E-state index is 10.1. The van der Waals surface area contributed by atoms with E-state index in [-0.39, 0.29) is 6.10 Å². The van der Waals surface area contributed by atoms with Crippen molar-refractivity contribution in [3.8, 4) is 5.88 Å². The van der Waals surface area contributed by atoms with Crippen molar-refractivity contribution < 1.29 is 9.84 Å². The molecule has 0 aliphatic carbocycles. The Bertz CT molecular complexity index is 437. The topological polar surface area (TPSA) is 80.4 Å². The number of hydrogen-bond acceptors (Lipinski definition) is 5. The van der Waals surface area contributed by atoms with Crippen LogP contribution in [0.25, 0.3) is 0 Å². The smallest absolute Gasteiger partial charge is 0.239 e. The lowest BCUT2D eigenvalue weighted by molar-refractivity contribution is 0.0238. The third kappa shape index (κ3) is 3.99. The molecule has 4 N–H and O–H groups in total. The first kappa shape index (κ1) is 15.6. The third-order valence-corrected chi connectivity index (χ3v) is 3.21. The van der Waals surface area contributed by atoms with Gasteiger partial charge in [-0.2, -0.15) is 4.98 Å². The van der Waals surface area contributed by atoms with Gasteiger partial charge in [0.15, 0.2) is 0 Å². The van der Waals surface area contributed by atoms with Crippen LogP contribution in [-0.2, 0) is 0 Å². The Morgan fingerprint density at radius 2 is 1.84 bits per heavy atom. The van der Waals surface area contributed by atoms with E-state index in [2.05, 4.69) is 10.3 Å². The minimum Gasteiger partial charge on any atom is -0.473 e. The molecular formula is C14H25N3O2. The number of ether oxygens (including phenoxy) is 1. The van der Waals surface area contributed by atoms with Crippen molar-refractivity contribution in [3.63, 3.8) is 0 Å². The summed E-state index contributed by atoms with van der Waals surface area (Å²) < 4.78 is 5.55. The van der Waals surface area contributed by atoms with Crippen LogP contribution in [0.2, 0.25) is 0 Å². The quantitative estimate of drug-likeness (QED) is 0.763. The average molecular weight is 267 g/mol. The number of pyridine rings is 1. The number of rotatable bonds is 5. The predicted molar refractivity (Wildman–Crippen MR) is 78.4 cm³/mol.